The largest absolute Gasteiger partial charge is 0.322 e. The van der Waals surface area contributed by atoms with E-state index in [-0.39, 0.29) is 24.2 Å². The molecule has 0 saturated carbocycles. The molecule has 32 heavy (non-hydrogen) atoms. The van der Waals surface area contributed by atoms with Crippen LogP contribution in [0.25, 0.3) is 0 Å². The van der Waals surface area contributed by atoms with E-state index in [1.165, 1.54) is 41.3 Å². The van der Waals surface area contributed by atoms with Crippen LogP contribution in [0.4, 0.5) is 14.5 Å². The van der Waals surface area contributed by atoms with Crippen LogP contribution in [0, 0.1) is 18.6 Å². The molecule has 3 amide bonds. The maximum Gasteiger partial charge on any atom is 0.257 e. The maximum atomic E-state index is 14.4. The van der Waals surface area contributed by atoms with E-state index in [2.05, 4.69) is 0 Å². The summed E-state index contributed by atoms with van der Waals surface area (Å²) in [5, 5.41) is 0. The van der Waals surface area contributed by atoms with Gasteiger partial charge in [0.05, 0.1) is 17.7 Å². The second-order valence-corrected chi connectivity index (χ2v) is 7.66. The Morgan fingerprint density at radius 2 is 1.62 bits per heavy atom. The van der Waals surface area contributed by atoms with E-state index < -0.39 is 35.4 Å². The number of halogens is 2. The molecule has 1 unspecified atom stereocenters. The van der Waals surface area contributed by atoms with Crippen molar-refractivity contribution in [2.45, 2.75) is 25.9 Å². The topological polar surface area (TPSA) is 57.7 Å². The average molecular weight is 434 g/mol. The first kappa shape index (κ1) is 21.4. The monoisotopic (exact) mass is 434 g/mol. The number of carbonyl (C=O) groups is 3. The van der Waals surface area contributed by atoms with Crippen LogP contribution in [0.3, 0.4) is 0 Å². The first-order valence-electron chi connectivity index (χ1n) is 10.1. The third kappa shape index (κ3) is 4.14. The molecule has 1 aliphatic rings. The highest BCUT2D eigenvalue weighted by Gasteiger charge is 2.44. The molecule has 1 atom stereocenters. The average Bonchev–Trinajstić information content (AvgIpc) is 3.07. The molecule has 3 aromatic rings. The predicted octanol–water partition coefficient (Wildman–Crippen LogP) is 4.25. The molecule has 0 bridgehead atoms. The molecule has 1 aliphatic heterocycles. The fraction of sp³-hybridized carbons (Fsp3) is 0.160. The van der Waals surface area contributed by atoms with E-state index in [4.69, 9.17) is 0 Å². The van der Waals surface area contributed by atoms with E-state index in [0.717, 1.165) is 28.2 Å². The van der Waals surface area contributed by atoms with Gasteiger partial charge in [-0.1, -0.05) is 42.0 Å². The fourth-order valence-corrected chi connectivity index (χ4v) is 3.72. The van der Waals surface area contributed by atoms with Crippen molar-refractivity contribution in [3.8, 4) is 0 Å². The second kappa shape index (κ2) is 8.70. The van der Waals surface area contributed by atoms with Gasteiger partial charge < -0.3 is 4.90 Å². The maximum absolute atomic E-state index is 14.4. The van der Waals surface area contributed by atoms with E-state index in [1.807, 2.05) is 31.2 Å². The number of carbonyl (C=O) groups excluding carboxylic acids is 3. The Balaban J connectivity index is 1.70. The Morgan fingerprint density at radius 3 is 2.28 bits per heavy atom. The highest BCUT2D eigenvalue weighted by Crippen LogP contribution is 2.28. The quantitative estimate of drug-likeness (QED) is 0.565. The lowest BCUT2D eigenvalue weighted by atomic mass is 10.1. The van der Waals surface area contributed by atoms with Crippen LogP contribution >= 0.6 is 0 Å². The van der Waals surface area contributed by atoms with Gasteiger partial charge in [0, 0.05) is 6.54 Å². The minimum absolute atomic E-state index is 0.0222. The Kier molecular flexibility index (Phi) is 5.81. The third-order valence-corrected chi connectivity index (χ3v) is 5.42. The Hall–Kier alpha value is -3.87. The molecule has 0 radical (unpaired) electrons. The van der Waals surface area contributed by atoms with Crippen LogP contribution in [0.1, 0.15) is 27.9 Å². The summed E-state index contributed by atoms with van der Waals surface area (Å²) in [4.78, 5) is 41.4. The zero-order valence-corrected chi connectivity index (χ0v) is 17.3. The predicted molar refractivity (Wildman–Crippen MR) is 115 cm³/mol. The molecular weight excluding hydrogens is 414 g/mol. The molecule has 0 N–H and O–H groups in total. The van der Waals surface area contributed by atoms with Gasteiger partial charge in [0.2, 0.25) is 5.91 Å². The molecule has 7 heteroatoms. The van der Waals surface area contributed by atoms with E-state index in [0.29, 0.717) is 0 Å². The molecule has 0 aliphatic carbocycles. The van der Waals surface area contributed by atoms with E-state index in [1.54, 1.807) is 0 Å². The molecule has 0 spiro atoms. The van der Waals surface area contributed by atoms with E-state index in [9.17, 15) is 23.2 Å². The number of hydrogen-bond acceptors (Lipinski definition) is 3. The van der Waals surface area contributed by atoms with Crippen LogP contribution in [0.15, 0.2) is 72.8 Å². The Labute approximate surface area is 183 Å². The third-order valence-electron chi connectivity index (χ3n) is 5.42. The van der Waals surface area contributed by atoms with Gasteiger partial charge in [-0.15, -0.1) is 0 Å². The zero-order valence-electron chi connectivity index (χ0n) is 17.3. The second-order valence-electron chi connectivity index (χ2n) is 7.66. The molecule has 4 rings (SSSR count). The van der Waals surface area contributed by atoms with Crippen molar-refractivity contribution < 1.29 is 23.2 Å². The minimum atomic E-state index is -1.11. The van der Waals surface area contributed by atoms with Gasteiger partial charge in [-0.3, -0.25) is 14.4 Å². The number of anilines is 1. The summed E-state index contributed by atoms with van der Waals surface area (Å²) in [6.07, 6.45) is -0.248. The van der Waals surface area contributed by atoms with Crippen molar-refractivity contribution >= 4 is 23.4 Å². The summed E-state index contributed by atoms with van der Waals surface area (Å²) in [6.45, 7) is 1.94. The summed E-state index contributed by atoms with van der Waals surface area (Å²) in [5.41, 5.74) is 1.80. The van der Waals surface area contributed by atoms with Crippen LogP contribution in [-0.4, -0.2) is 28.7 Å². The lowest BCUT2D eigenvalue weighted by molar-refractivity contribution is -0.122. The van der Waals surface area contributed by atoms with Crippen LogP contribution in [0.5, 0.6) is 0 Å². The number of hydrogen-bond donors (Lipinski definition) is 0. The van der Waals surface area contributed by atoms with Crippen molar-refractivity contribution in [1.82, 2.24) is 4.90 Å². The summed E-state index contributed by atoms with van der Waals surface area (Å²) < 4.78 is 27.7. The van der Waals surface area contributed by atoms with Gasteiger partial charge in [0.1, 0.15) is 17.7 Å². The van der Waals surface area contributed by atoms with Gasteiger partial charge in [0.25, 0.3) is 11.8 Å². The first-order valence-corrected chi connectivity index (χ1v) is 10.1. The molecule has 3 aromatic carbocycles. The number of rotatable bonds is 5. The molecule has 0 aromatic heterocycles. The first-order chi connectivity index (χ1) is 15.3. The minimum Gasteiger partial charge on any atom is -0.322 e. The fourth-order valence-electron chi connectivity index (χ4n) is 3.72. The molecule has 162 valence electrons. The van der Waals surface area contributed by atoms with Gasteiger partial charge in [-0.05, 0) is 48.9 Å². The van der Waals surface area contributed by atoms with Gasteiger partial charge in [-0.2, -0.15) is 0 Å². The Morgan fingerprint density at radius 1 is 0.969 bits per heavy atom. The molecule has 5 nitrogen and oxygen atoms in total. The number of aryl methyl sites for hydroxylation is 1. The molecular formula is C25H20F2N2O3. The lowest BCUT2D eigenvalue weighted by Crippen LogP contribution is -2.45. The number of imide groups is 1. The molecule has 1 saturated heterocycles. The highest BCUT2D eigenvalue weighted by atomic mass is 19.1. The van der Waals surface area contributed by atoms with Crippen molar-refractivity contribution in [2.75, 3.05) is 4.90 Å². The van der Waals surface area contributed by atoms with Crippen LogP contribution in [0.2, 0.25) is 0 Å². The molecule has 1 fully saturated rings. The standard InChI is InChI=1S/C25H20F2N2O3/c1-16-6-8-17(9-7-16)15-28(24(31)20-4-2-3-5-21(20)27)22-14-23(30)29(25(22)32)19-12-10-18(26)11-13-19/h2-13,22H,14-15H2,1H3. The van der Waals surface area contributed by atoms with E-state index >= 15 is 0 Å². The van der Waals surface area contributed by atoms with Gasteiger partial charge in [-0.25, -0.2) is 13.7 Å². The number of benzene rings is 3. The smallest absolute Gasteiger partial charge is 0.257 e. The van der Waals surface area contributed by atoms with Crippen molar-refractivity contribution in [3.63, 3.8) is 0 Å². The molecule has 1 heterocycles. The van der Waals surface area contributed by atoms with Gasteiger partial charge >= 0.3 is 0 Å². The number of nitrogens with zero attached hydrogens (tertiary/aromatic N) is 2. The lowest BCUT2D eigenvalue weighted by Gasteiger charge is -2.28. The summed E-state index contributed by atoms with van der Waals surface area (Å²) in [5.74, 6) is -3.02. The van der Waals surface area contributed by atoms with Crippen LogP contribution in [-0.2, 0) is 16.1 Å². The highest BCUT2D eigenvalue weighted by molar-refractivity contribution is 6.23. The Bertz CT molecular complexity index is 1180. The van der Waals surface area contributed by atoms with Gasteiger partial charge in [0.15, 0.2) is 0 Å². The summed E-state index contributed by atoms with van der Waals surface area (Å²) >= 11 is 0. The summed E-state index contributed by atoms with van der Waals surface area (Å²) in [6, 6.07) is 16.7. The SMILES string of the molecule is Cc1ccc(CN(C(=O)c2ccccc2F)C2CC(=O)N(c3ccc(F)cc3)C2=O)cc1. The van der Waals surface area contributed by atoms with Crippen molar-refractivity contribution in [3.05, 3.63) is 101 Å². The summed E-state index contributed by atoms with van der Waals surface area (Å²) in [7, 11) is 0. The number of amides is 3. The van der Waals surface area contributed by atoms with Crippen molar-refractivity contribution in [1.29, 1.82) is 0 Å². The van der Waals surface area contributed by atoms with Crippen LogP contribution < -0.4 is 4.90 Å². The zero-order chi connectivity index (χ0) is 22.8. The normalized spacial score (nSPS) is 15.8. The van der Waals surface area contributed by atoms with Crippen molar-refractivity contribution in [2.24, 2.45) is 0 Å².